The van der Waals surface area contributed by atoms with Gasteiger partial charge in [-0.15, -0.1) is 13.2 Å². The second-order valence-corrected chi connectivity index (χ2v) is 6.30. The van der Waals surface area contributed by atoms with E-state index in [1.54, 1.807) is 32.2 Å². The number of aromatic nitrogens is 2. The molecule has 0 unspecified atom stereocenters. The number of fused-ring (bicyclic) bond motifs is 1. The van der Waals surface area contributed by atoms with E-state index >= 15 is 0 Å². The van der Waals surface area contributed by atoms with Crippen molar-refractivity contribution in [1.82, 2.24) is 14.9 Å². The van der Waals surface area contributed by atoms with Crippen molar-refractivity contribution in [3.63, 3.8) is 0 Å². The van der Waals surface area contributed by atoms with E-state index in [0.717, 1.165) is 0 Å². The number of anilines is 1. The van der Waals surface area contributed by atoms with Crippen molar-refractivity contribution in [1.29, 1.82) is 0 Å². The molecule has 2 aromatic rings. The molecule has 27 heavy (non-hydrogen) atoms. The van der Waals surface area contributed by atoms with E-state index in [9.17, 15) is 18.0 Å². The van der Waals surface area contributed by atoms with Crippen molar-refractivity contribution < 1.29 is 27.4 Å². The molecule has 1 aliphatic rings. The Bertz CT molecular complexity index is 846. The standard InChI is InChI=1S/C17H19F3N4O3/c1-9(16(25)24-7-14(10(24)2)27-17(18,19)20)23-15-12-5-4-11(26-3)6-13(12)21-8-22-15/h4-6,8-10,14H,7H2,1-3H3,(H,21,22,23)/t9-,10+,14+/m1/s1. The van der Waals surface area contributed by atoms with Gasteiger partial charge in [0.05, 0.1) is 18.7 Å². The number of hydrogen-bond acceptors (Lipinski definition) is 6. The summed E-state index contributed by atoms with van der Waals surface area (Å²) in [6.45, 7) is 3.05. The van der Waals surface area contributed by atoms with Crippen molar-refractivity contribution >= 4 is 22.6 Å². The van der Waals surface area contributed by atoms with Gasteiger partial charge in [0.15, 0.2) is 0 Å². The van der Waals surface area contributed by atoms with Crippen LogP contribution in [0.2, 0.25) is 0 Å². The van der Waals surface area contributed by atoms with E-state index in [2.05, 4.69) is 20.0 Å². The van der Waals surface area contributed by atoms with Crippen LogP contribution in [0.4, 0.5) is 19.0 Å². The monoisotopic (exact) mass is 384 g/mol. The van der Waals surface area contributed by atoms with Crippen molar-refractivity contribution in [2.24, 2.45) is 0 Å². The lowest BCUT2D eigenvalue weighted by molar-refractivity contribution is -0.359. The maximum atomic E-state index is 12.6. The summed E-state index contributed by atoms with van der Waals surface area (Å²) in [4.78, 5) is 22.2. The lowest BCUT2D eigenvalue weighted by atomic mass is 9.99. The Morgan fingerprint density at radius 2 is 2.11 bits per heavy atom. The number of likely N-dealkylation sites (tertiary alicyclic amines) is 1. The first-order valence-electron chi connectivity index (χ1n) is 8.30. The lowest BCUT2D eigenvalue weighted by Crippen LogP contribution is -2.64. The number of hydrogen-bond donors (Lipinski definition) is 1. The van der Waals surface area contributed by atoms with E-state index in [0.29, 0.717) is 22.5 Å². The molecule has 10 heteroatoms. The number of nitrogens with one attached hydrogen (secondary N) is 1. The molecule has 0 saturated carbocycles. The van der Waals surface area contributed by atoms with E-state index in [-0.39, 0.29) is 12.5 Å². The molecule has 0 bridgehead atoms. The van der Waals surface area contributed by atoms with Gasteiger partial charge in [-0.3, -0.25) is 9.53 Å². The van der Waals surface area contributed by atoms with Gasteiger partial charge < -0.3 is 15.0 Å². The fraction of sp³-hybridized carbons (Fsp3) is 0.471. The summed E-state index contributed by atoms with van der Waals surface area (Å²) in [6.07, 6.45) is -4.40. The maximum Gasteiger partial charge on any atom is 0.522 e. The van der Waals surface area contributed by atoms with Gasteiger partial charge in [-0.2, -0.15) is 0 Å². The van der Waals surface area contributed by atoms with Crippen LogP contribution in [0.5, 0.6) is 5.75 Å². The molecule has 0 radical (unpaired) electrons. The third kappa shape index (κ3) is 4.05. The van der Waals surface area contributed by atoms with Crippen LogP contribution in [0, 0.1) is 0 Å². The van der Waals surface area contributed by atoms with Gasteiger partial charge in [0, 0.05) is 18.0 Å². The number of rotatable bonds is 5. The predicted octanol–water partition coefficient (Wildman–Crippen LogP) is 2.57. The SMILES string of the molecule is COc1ccc2c(N[C@H](C)C(=O)N3C[C@H](OC(F)(F)F)[C@@H]3C)ncnc2c1. The van der Waals surface area contributed by atoms with Gasteiger partial charge in [0.25, 0.3) is 0 Å². The Morgan fingerprint density at radius 1 is 1.37 bits per heavy atom. The molecule has 2 heterocycles. The van der Waals surface area contributed by atoms with Crippen LogP contribution in [0.3, 0.4) is 0 Å². The second-order valence-electron chi connectivity index (χ2n) is 6.30. The molecule has 0 spiro atoms. The van der Waals surface area contributed by atoms with Gasteiger partial charge in [0.1, 0.15) is 30.0 Å². The molecular weight excluding hydrogens is 365 g/mol. The van der Waals surface area contributed by atoms with E-state index < -0.39 is 24.6 Å². The highest BCUT2D eigenvalue weighted by Gasteiger charge is 2.46. The van der Waals surface area contributed by atoms with E-state index in [1.807, 2.05) is 0 Å². The molecule has 0 aliphatic carbocycles. The van der Waals surface area contributed by atoms with Crippen LogP contribution >= 0.6 is 0 Å². The molecule has 1 saturated heterocycles. The average Bonchev–Trinajstić information content (AvgIpc) is 2.63. The molecule has 3 rings (SSSR count). The summed E-state index contributed by atoms with van der Waals surface area (Å²) in [5.74, 6) is 0.769. The number of benzene rings is 1. The molecular formula is C17H19F3N4O3. The highest BCUT2D eigenvalue weighted by atomic mass is 19.4. The summed E-state index contributed by atoms with van der Waals surface area (Å²) < 4.78 is 46.1. The molecule has 1 fully saturated rings. The minimum absolute atomic E-state index is 0.104. The first-order chi connectivity index (χ1) is 12.7. The highest BCUT2D eigenvalue weighted by Crippen LogP contribution is 2.29. The molecule has 1 aromatic heterocycles. The maximum absolute atomic E-state index is 12.6. The molecule has 1 N–H and O–H groups in total. The average molecular weight is 384 g/mol. The summed E-state index contributed by atoms with van der Waals surface area (Å²) in [5.41, 5.74) is 0.641. The molecule has 1 amide bonds. The third-order valence-corrected chi connectivity index (χ3v) is 4.54. The number of alkyl halides is 3. The van der Waals surface area contributed by atoms with Gasteiger partial charge in [-0.1, -0.05) is 0 Å². The zero-order valence-electron chi connectivity index (χ0n) is 14.9. The lowest BCUT2D eigenvalue weighted by Gasteiger charge is -2.46. The number of carbonyl (C=O) groups excluding carboxylic acids is 1. The zero-order valence-corrected chi connectivity index (χ0v) is 14.9. The van der Waals surface area contributed by atoms with Crippen LogP contribution in [-0.4, -0.2) is 59.0 Å². The molecule has 3 atom stereocenters. The minimum atomic E-state index is -4.71. The summed E-state index contributed by atoms with van der Waals surface area (Å²) >= 11 is 0. The smallest absolute Gasteiger partial charge is 0.497 e. The van der Waals surface area contributed by atoms with Crippen molar-refractivity contribution in [2.75, 3.05) is 19.0 Å². The third-order valence-electron chi connectivity index (χ3n) is 4.54. The topological polar surface area (TPSA) is 76.6 Å². The minimum Gasteiger partial charge on any atom is -0.497 e. The summed E-state index contributed by atoms with van der Waals surface area (Å²) in [5, 5.41) is 3.71. The van der Waals surface area contributed by atoms with Gasteiger partial charge in [0.2, 0.25) is 5.91 Å². The normalized spacial score (nSPS) is 20.9. The molecule has 1 aromatic carbocycles. The van der Waals surface area contributed by atoms with Crippen LogP contribution in [0.1, 0.15) is 13.8 Å². The Kier molecular flexibility index (Phi) is 5.09. The van der Waals surface area contributed by atoms with Gasteiger partial charge in [-0.05, 0) is 26.0 Å². The number of methoxy groups -OCH3 is 1. The second kappa shape index (κ2) is 7.18. The fourth-order valence-corrected chi connectivity index (χ4v) is 2.97. The van der Waals surface area contributed by atoms with Crippen LogP contribution in [-0.2, 0) is 9.53 Å². The molecule has 7 nitrogen and oxygen atoms in total. The van der Waals surface area contributed by atoms with E-state index in [1.165, 1.54) is 18.2 Å². The van der Waals surface area contributed by atoms with Crippen molar-refractivity contribution in [3.8, 4) is 5.75 Å². The number of carbonyl (C=O) groups is 1. The van der Waals surface area contributed by atoms with Gasteiger partial charge >= 0.3 is 6.36 Å². The Morgan fingerprint density at radius 3 is 2.74 bits per heavy atom. The van der Waals surface area contributed by atoms with Crippen LogP contribution < -0.4 is 10.1 Å². The summed E-state index contributed by atoms with van der Waals surface area (Å²) in [7, 11) is 1.55. The highest BCUT2D eigenvalue weighted by molar-refractivity contribution is 5.92. The Balaban J connectivity index is 1.68. The first-order valence-corrected chi connectivity index (χ1v) is 8.30. The van der Waals surface area contributed by atoms with Crippen molar-refractivity contribution in [2.45, 2.75) is 38.4 Å². The van der Waals surface area contributed by atoms with Crippen LogP contribution in [0.25, 0.3) is 10.9 Å². The van der Waals surface area contributed by atoms with Crippen molar-refractivity contribution in [3.05, 3.63) is 24.5 Å². The number of nitrogens with zero attached hydrogens (tertiary/aromatic N) is 3. The van der Waals surface area contributed by atoms with Crippen LogP contribution in [0.15, 0.2) is 24.5 Å². The van der Waals surface area contributed by atoms with E-state index in [4.69, 9.17) is 4.74 Å². The largest absolute Gasteiger partial charge is 0.522 e. The number of ether oxygens (including phenoxy) is 2. The molecule has 1 aliphatic heterocycles. The summed E-state index contributed by atoms with van der Waals surface area (Å²) in [6, 6.07) is 3.92. The molecule has 146 valence electrons. The Labute approximate surface area is 153 Å². The van der Waals surface area contributed by atoms with Gasteiger partial charge in [-0.25, -0.2) is 9.97 Å². The fourth-order valence-electron chi connectivity index (χ4n) is 2.97. The Hall–Kier alpha value is -2.62. The quantitative estimate of drug-likeness (QED) is 0.854. The number of halogens is 3. The zero-order chi connectivity index (χ0) is 19.8. The predicted molar refractivity (Wildman–Crippen MR) is 91.3 cm³/mol. The first kappa shape index (κ1) is 19.2. The number of amides is 1.